The van der Waals surface area contributed by atoms with Crippen LogP contribution in [0.4, 0.5) is 0 Å². The third kappa shape index (κ3) is 3.19. The second kappa shape index (κ2) is 5.65. The number of nitrogens with one attached hydrogen (secondary N) is 2. The number of rotatable bonds is 5. The summed E-state index contributed by atoms with van der Waals surface area (Å²) in [6, 6.07) is 6.97. The molecule has 0 atom stereocenters. The van der Waals surface area contributed by atoms with E-state index in [9.17, 15) is 8.42 Å². The van der Waals surface area contributed by atoms with Gasteiger partial charge in [-0.3, -0.25) is 0 Å². The fraction of sp³-hybridized carbons (Fsp3) is 0.385. The highest BCUT2D eigenvalue weighted by atomic mass is 32.2. The number of hydrogen-bond acceptors (Lipinski definition) is 3. The van der Waals surface area contributed by atoms with E-state index in [-0.39, 0.29) is 6.04 Å². The molecule has 0 radical (unpaired) electrons. The van der Waals surface area contributed by atoms with Gasteiger partial charge in [0.1, 0.15) is 0 Å². The molecule has 5 heteroatoms. The molecular formula is C13H18N2O2S. The van der Waals surface area contributed by atoms with Crippen LogP contribution in [-0.4, -0.2) is 21.5 Å². The molecule has 1 aromatic carbocycles. The van der Waals surface area contributed by atoms with E-state index >= 15 is 0 Å². The summed E-state index contributed by atoms with van der Waals surface area (Å²) in [4.78, 5) is 0.328. The van der Waals surface area contributed by atoms with E-state index < -0.39 is 10.0 Å². The van der Waals surface area contributed by atoms with Crippen molar-refractivity contribution in [3.8, 4) is 0 Å². The molecule has 0 unspecified atom stereocenters. The topological polar surface area (TPSA) is 58.2 Å². The maximum atomic E-state index is 12.1. The zero-order valence-electron chi connectivity index (χ0n) is 10.4. The first-order valence-corrected chi connectivity index (χ1v) is 7.51. The fourth-order valence-corrected chi connectivity index (χ4v) is 3.25. The molecule has 1 aliphatic rings. The third-order valence-corrected chi connectivity index (χ3v) is 4.48. The van der Waals surface area contributed by atoms with Crippen molar-refractivity contribution in [2.24, 2.45) is 0 Å². The quantitative estimate of drug-likeness (QED) is 0.792. The van der Waals surface area contributed by atoms with Gasteiger partial charge in [0.15, 0.2) is 0 Å². The van der Waals surface area contributed by atoms with Crippen molar-refractivity contribution in [2.75, 3.05) is 7.05 Å². The Labute approximate surface area is 108 Å². The van der Waals surface area contributed by atoms with Gasteiger partial charge in [0.25, 0.3) is 0 Å². The smallest absolute Gasteiger partial charge is 0.240 e. The van der Waals surface area contributed by atoms with E-state index in [4.69, 9.17) is 0 Å². The minimum Gasteiger partial charge on any atom is -0.316 e. The summed E-state index contributed by atoms with van der Waals surface area (Å²) >= 11 is 0. The second-order valence-electron chi connectivity index (χ2n) is 4.44. The molecular weight excluding hydrogens is 248 g/mol. The van der Waals surface area contributed by atoms with E-state index in [2.05, 4.69) is 10.0 Å². The first-order valence-electron chi connectivity index (χ1n) is 6.03. The summed E-state index contributed by atoms with van der Waals surface area (Å²) in [6.45, 7) is 0.736. The summed E-state index contributed by atoms with van der Waals surface area (Å²) in [5.41, 5.74) is 1.07. The van der Waals surface area contributed by atoms with Crippen LogP contribution in [0.5, 0.6) is 0 Å². The lowest BCUT2D eigenvalue weighted by Gasteiger charge is -2.12. The van der Waals surface area contributed by atoms with Gasteiger partial charge in [0, 0.05) is 12.6 Å². The molecule has 2 N–H and O–H groups in total. The molecule has 0 aliphatic heterocycles. The molecule has 0 heterocycles. The Kier molecular flexibility index (Phi) is 4.16. The molecule has 98 valence electrons. The monoisotopic (exact) mass is 266 g/mol. The Morgan fingerprint density at radius 2 is 1.78 bits per heavy atom. The van der Waals surface area contributed by atoms with Crippen LogP contribution in [-0.2, 0) is 16.6 Å². The van der Waals surface area contributed by atoms with Crippen LogP contribution in [0.15, 0.2) is 41.3 Å². The molecule has 0 aromatic heterocycles. The maximum Gasteiger partial charge on any atom is 0.240 e. The Hall–Kier alpha value is -1.17. The summed E-state index contributed by atoms with van der Waals surface area (Å²) in [5, 5.41) is 3.03. The molecule has 4 nitrogen and oxygen atoms in total. The molecule has 0 fully saturated rings. The van der Waals surface area contributed by atoms with E-state index in [1.54, 1.807) is 12.1 Å². The lowest BCUT2D eigenvalue weighted by molar-refractivity contribution is 0.557. The average Bonchev–Trinajstić information content (AvgIpc) is 2.82. The molecule has 1 aromatic rings. The SMILES string of the molecule is CNCc1ccc(S(=O)(=O)NC2CC=CC2)cc1. The van der Waals surface area contributed by atoms with Crippen LogP contribution in [0, 0.1) is 0 Å². The zero-order valence-corrected chi connectivity index (χ0v) is 11.2. The van der Waals surface area contributed by atoms with E-state index in [0.717, 1.165) is 24.9 Å². The molecule has 18 heavy (non-hydrogen) atoms. The van der Waals surface area contributed by atoms with Gasteiger partial charge in [-0.1, -0.05) is 24.3 Å². The van der Waals surface area contributed by atoms with Crippen molar-refractivity contribution < 1.29 is 8.42 Å². The molecule has 0 amide bonds. The van der Waals surface area contributed by atoms with Gasteiger partial charge in [0.05, 0.1) is 4.90 Å². The largest absolute Gasteiger partial charge is 0.316 e. The molecule has 1 aliphatic carbocycles. The average molecular weight is 266 g/mol. The number of benzene rings is 1. The summed E-state index contributed by atoms with van der Waals surface area (Å²) in [5.74, 6) is 0. The van der Waals surface area contributed by atoms with Crippen LogP contribution in [0.1, 0.15) is 18.4 Å². The normalized spacial score (nSPS) is 16.3. The predicted octanol–water partition coefficient (Wildman–Crippen LogP) is 1.40. The minimum absolute atomic E-state index is 0.00647. The zero-order chi connectivity index (χ0) is 13.0. The van der Waals surface area contributed by atoms with Gasteiger partial charge >= 0.3 is 0 Å². The van der Waals surface area contributed by atoms with Gasteiger partial charge in [-0.05, 0) is 37.6 Å². The van der Waals surface area contributed by atoms with Crippen molar-refractivity contribution in [1.82, 2.24) is 10.0 Å². The van der Waals surface area contributed by atoms with Crippen molar-refractivity contribution in [2.45, 2.75) is 30.3 Å². The predicted molar refractivity (Wildman–Crippen MR) is 71.7 cm³/mol. The Morgan fingerprint density at radius 3 is 2.33 bits per heavy atom. The fourth-order valence-electron chi connectivity index (χ4n) is 1.99. The van der Waals surface area contributed by atoms with Gasteiger partial charge in [-0.2, -0.15) is 0 Å². The standard InChI is InChI=1S/C13H18N2O2S/c1-14-10-11-6-8-13(9-7-11)18(16,17)15-12-4-2-3-5-12/h2-3,6-9,12,14-15H,4-5,10H2,1H3. The van der Waals surface area contributed by atoms with Gasteiger partial charge in [0.2, 0.25) is 10.0 Å². The van der Waals surface area contributed by atoms with E-state index in [1.165, 1.54) is 0 Å². The molecule has 0 saturated carbocycles. The third-order valence-electron chi connectivity index (χ3n) is 2.94. The van der Waals surface area contributed by atoms with Crippen molar-refractivity contribution >= 4 is 10.0 Å². The second-order valence-corrected chi connectivity index (χ2v) is 6.15. The van der Waals surface area contributed by atoms with Crippen LogP contribution in [0.3, 0.4) is 0 Å². The lowest BCUT2D eigenvalue weighted by atomic mass is 10.2. The van der Waals surface area contributed by atoms with E-state index in [0.29, 0.717) is 4.90 Å². The highest BCUT2D eigenvalue weighted by Gasteiger charge is 2.20. The first kappa shape index (κ1) is 13.3. The highest BCUT2D eigenvalue weighted by Crippen LogP contribution is 2.15. The Bertz CT molecular complexity index is 512. The summed E-state index contributed by atoms with van der Waals surface area (Å²) < 4.78 is 26.9. The molecule has 0 spiro atoms. The van der Waals surface area contributed by atoms with Crippen molar-refractivity contribution in [3.05, 3.63) is 42.0 Å². The first-order chi connectivity index (χ1) is 8.62. The van der Waals surface area contributed by atoms with Crippen LogP contribution < -0.4 is 10.0 Å². The van der Waals surface area contributed by atoms with Crippen molar-refractivity contribution in [1.29, 1.82) is 0 Å². The lowest BCUT2D eigenvalue weighted by Crippen LogP contribution is -2.32. The van der Waals surface area contributed by atoms with Gasteiger partial charge in [-0.15, -0.1) is 0 Å². The van der Waals surface area contributed by atoms with Gasteiger partial charge < -0.3 is 5.32 Å². The molecule has 0 bridgehead atoms. The minimum atomic E-state index is -3.39. The highest BCUT2D eigenvalue weighted by molar-refractivity contribution is 7.89. The molecule has 2 rings (SSSR count). The molecule has 0 saturated heterocycles. The summed E-state index contributed by atoms with van der Waals surface area (Å²) in [6.07, 6.45) is 5.56. The van der Waals surface area contributed by atoms with Crippen LogP contribution in [0.25, 0.3) is 0 Å². The Morgan fingerprint density at radius 1 is 1.17 bits per heavy atom. The van der Waals surface area contributed by atoms with Gasteiger partial charge in [-0.25, -0.2) is 13.1 Å². The Balaban J connectivity index is 2.08. The van der Waals surface area contributed by atoms with Crippen LogP contribution in [0.2, 0.25) is 0 Å². The number of sulfonamides is 1. The van der Waals surface area contributed by atoms with E-state index in [1.807, 2.05) is 31.3 Å². The number of hydrogen-bond donors (Lipinski definition) is 2. The summed E-state index contributed by atoms with van der Waals surface area (Å²) in [7, 11) is -1.53. The van der Waals surface area contributed by atoms with Crippen molar-refractivity contribution in [3.63, 3.8) is 0 Å². The van der Waals surface area contributed by atoms with Crippen LogP contribution >= 0.6 is 0 Å². The maximum absolute atomic E-state index is 12.1.